The number of aryl methyl sites for hydroxylation is 1. The van der Waals surface area contributed by atoms with E-state index in [1.165, 1.54) is 0 Å². The number of esters is 1. The molecule has 0 unspecified atom stereocenters. The van der Waals surface area contributed by atoms with E-state index in [0.29, 0.717) is 12.2 Å². The van der Waals surface area contributed by atoms with Crippen LogP contribution in [-0.2, 0) is 16.0 Å². The number of rotatable bonds is 5. The highest BCUT2D eigenvalue weighted by Gasteiger charge is 2.13. The summed E-state index contributed by atoms with van der Waals surface area (Å²) in [7, 11) is 0. The van der Waals surface area contributed by atoms with Crippen molar-refractivity contribution in [2.75, 3.05) is 0 Å². The van der Waals surface area contributed by atoms with Crippen molar-refractivity contribution in [3.63, 3.8) is 0 Å². The maximum atomic E-state index is 11.8. The molecule has 0 fully saturated rings. The Morgan fingerprint density at radius 3 is 2.26 bits per heavy atom. The Kier molecular flexibility index (Phi) is 5.28. The molecule has 3 heteroatoms. The fraction of sp³-hybridized carbons (Fsp3) is 0.500. The summed E-state index contributed by atoms with van der Waals surface area (Å²) in [6, 6.07) is 5.43. The molecule has 0 spiro atoms. The van der Waals surface area contributed by atoms with Gasteiger partial charge in [-0.25, -0.2) is 0 Å². The van der Waals surface area contributed by atoms with Crippen molar-refractivity contribution in [3.05, 3.63) is 29.3 Å². The Bertz CT molecular complexity index is 473. The molecular weight excluding hydrogens is 240 g/mol. The van der Waals surface area contributed by atoms with Crippen LogP contribution in [0.5, 0.6) is 5.75 Å². The number of ketones is 1. The van der Waals surface area contributed by atoms with Gasteiger partial charge in [-0.2, -0.15) is 0 Å². The number of hydrogen-bond acceptors (Lipinski definition) is 3. The molecule has 0 aliphatic heterocycles. The molecule has 0 aliphatic rings. The standard InChI is InChI=1S/C16H22O3/c1-10(2)15(17)9-13-8-14(7-6-12(13)5)19-16(18)11(3)4/h6-8,10-11H,9H2,1-5H3. The van der Waals surface area contributed by atoms with E-state index in [1.54, 1.807) is 26.0 Å². The molecule has 0 aliphatic carbocycles. The van der Waals surface area contributed by atoms with Crippen LogP contribution in [0.3, 0.4) is 0 Å². The number of carbonyl (C=O) groups is 2. The molecule has 0 heterocycles. The third-order valence-corrected chi connectivity index (χ3v) is 3.02. The lowest BCUT2D eigenvalue weighted by molar-refractivity contribution is -0.137. The van der Waals surface area contributed by atoms with Crippen molar-refractivity contribution < 1.29 is 14.3 Å². The van der Waals surface area contributed by atoms with Gasteiger partial charge >= 0.3 is 5.97 Å². The Hall–Kier alpha value is -1.64. The molecule has 0 bridgehead atoms. The normalized spacial score (nSPS) is 10.9. The summed E-state index contributed by atoms with van der Waals surface area (Å²) < 4.78 is 5.26. The van der Waals surface area contributed by atoms with Crippen LogP contribution in [0.1, 0.15) is 38.8 Å². The number of ether oxygens (including phenoxy) is 1. The van der Waals surface area contributed by atoms with E-state index in [1.807, 2.05) is 26.8 Å². The lowest BCUT2D eigenvalue weighted by Gasteiger charge is -2.11. The van der Waals surface area contributed by atoms with Crippen LogP contribution in [0.4, 0.5) is 0 Å². The molecule has 104 valence electrons. The molecule has 1 aromatic rings. The Morgan fingerprint density at radius 1 is 1.11 bits per heavy atom. The second kappa shape index (κ2) is 6.50. The average Bonchev–Trinajstić information content (AvgIpc) is 2.32. The Balaban J connectivity index is 2.88. The van der Waals surface area contributed by atoms with Crippen LogP contribution in [-0.4, -0.2) is 11.8 Å². The second-order valence-electron chi connectivity index (χ2n) is 5.46. The molecule has 1 aromatic carbocycles. The van der Waals surface area contributed by atoms with Gasteiger partial charge < -0.3 is 4.74 Å². The summed E-state index contributed by atoms with van der Waals surface area (Å²) in [6.45, 7) is 9.32. The summed E-state index contributed by atoms with van der Waals surface area (Å²) >= 11 is 0. The first kappa shape index (κ1) is 15.4. The molecular formula is C16H22O3. The van der Waals surface area contributed by atoms with Crippen LogP contribution < -0.4 is 4.74 Å². The first-order valence-electron chi connectivity index (χ1n) is 6.65. The van der Waals surface area contributed by atoms with Crippen molar-refractivity contribution in [3.8, 4) is 5.75 Å². The maximum absolute atomic E-state index is 11.8. The van der Waals surface area contributed by atoms with Crippen molar-refractivity contribution in [1.82, 2.24) is 0 Å². The fourth-order valence-electron chi connectivity index (χ4n) is 1.53. The summed E-state index contributed by atoms with van der Waals surface area (Å²) in [4.78, 5) is 23.3. The molecule has 1 rings (SSSR count). The first-order valence-corrected chi connectivity index (χ1v) is 6.65. The molecule has 0 saturated heterocycles. The molecule has 0 atom stereocenters. The van der Waals surface area contributed by atoms with Crippen molar-refractivity contribution in [1.29, 1.82) is 0 Å². The number of hydrogen-bond donors (Lipinski definition) is 0. The van der Waals surface area contributed by atoms with Crippen LogP contribution in [0.15, 0.2) is 18.2 Å². The van der Waals surface area contributed by atoms with Gasteiger partial charge in [0, 0.05) is 12.3 Å². The lowest BCUT2D eigenvalue weighted by Crippen LogP contribution is -2.15. The molecule has 0 saturated carbocycles. The quantitative estimate of drug-likeness (QED) is 0.604. The highest BCUT2D eigenvalue weighted by atomic mass is 16.5. The second-order valence-corrected chi connectivity index (χ2v) is 5.46. The van der Waals surface area contributed by atoms with Crippen molar-refractivity contribution >= 4 is 11.8 Å². The SMILES string of the molecule is Cc1ccc(OC(=O)C(C)C)cc1CC(=O)C(C)C. The fourth-order valence-corrected chi connectivity index (χ4v) is 1.53. The maximum Gasteiger partial charge on any atom is 0.313 e. The predicted molar refractivity (Wildman–Crippen MR) is 75.2 cm³/mol. The van der Waals surface area contributed by atoms with Crippen LogP contribution >= 0.6 is 0 Å². The van der Waals surface area contributed by atoms with Gasteiger partial charge in [0.15, 0.2) is 0 Å². The van der Waals surface area contributed by atoms with Gasteiger partial charge in [-0.15, -0.1) is 0 Å². The largest absolute Gasteiger partial charge is 0.426 e. The van der Waals surface area contributed by atoms with Crippen molar-refractivity contribution in [2.24, 2.45) is 11.8 Å². The summed E-state index contributed by atoms with van der Waals surface area (Å²) in [5, 5.41) is 0. The van der Waals surface area contributed by atoms with Crippen LogP contribution in [0, 0.1) is 18.8 Å². The minimum atomic E-state index is -0.259. The van der Waals surface area contributed by atoms with Crippen LogP contribution in [0.25, 0.3) is 0 Å². The smallest absolute Gasteiger partial charge is 0.313 e. The first-order chi connectivity index (χ1) is 8.81. The summed E-state index contributed by atoms with van der Waals surface area (Å²) in [6.07, 6.45) is 0.385. The average molecular weight is 262 g/mol. The molecule has 0 radical (unpaired) electrons. The minimum Gasteiger partial charge on any atom is -0.426 e. The van der Waals surface area contributed by atoms with Crippen molar-refractivity contribution in [2.45, 2.75) is 41.0 Å². The summed E-state index contributed by atoms with van der Waals surface area (Å²) in [5.74, 6) is 0.291. The molecule has 19 heavy (non-hydrogen) atoms. The van der Waals surface area contributed by atoms with Gasteiger partial charge in [0.1, 0.15) is 11.5 Å². The third-order valence-electron chi connectivity index (χ3n) is 3.02. The van der Waals surface area contributed by atoms with Gasteiger partial charge in [0.25, 0.3) is 0 Å². The van der Waals surface area contributed by atoms with Gasteiger partial charge in [-0.3, -0.25) is 9.59 Å². The zero-order valence-electron chi connectivity index (χ0n) is 12.3. The zero-order valence-corrected chi connectivity index (χ0v) is 12.3. The molecule has 0 N–H and O–H groups in total. The highest BCUT2D eigenvalue weighted by molar-refractivity contribution is 5.83. The molecule has 0 amide bonds. The number of carbonyl (C=O) groups excluding carboxylic acids is 2. The van der Waals surface area contributed by atoms with E-state index in [-0.39, 0.29) is 23.6 Å². The van der Waals surface area contributed by atoms with Gasteiger partial charge in [-0.05, 0) is 30.2 Å². The lowest BCUT2D eigenvalue weighted by atomic mass is 9.98. The number of Topliss-reactive ketones (excluding diaryl/α,β-unsaturated/α-hetero) is 1. The monoisotopic (exact) mass is 262 g/mol. The van der Waals surface area contributed by atoms with Gasteiger partial charge in [-0.1, -0.05) is 33.8 Å². The van der Waals surface area contributed by atoms with Gasteiger partial charge in [0.05, 0.1) is 5.92 Å². The predicted octanol–water partition coefficient (Wildman–Crippen LogP) is 3.32. The minimum absolute atomic E-state index is 0.0151. The van der Waals surface area contributed by atoms with E-state index >= 15 is 0 Å². The number of benzene rings is 1. The summed E-state index contributed by atoms with van der Waals surface area (Å²) in [5.41, 5.74) is 1.96. The van der Waals surface area contributed by atoms with E-state index < -0.39 is 0 Å². The topological polar surface area (TPSA) is 43.4 Å². The molecule has 0 aromatic heterocycles. The Labute approximate surface area is 115 Å². The Morgan fingerprint density at radius 2 is 1.74 bits per heavy atom. The third kappa shape index (κ3) is 4.51. The highest BCUT2D eigenvalue weighted by Crippen LogP contribution is 2.20. The molecule has 3 nitrogen and oxygen atoms in total. The van der Waals surface area contributed by atoms with E-state index in [2.05, 4.69) is 0 Å². The van der Waals surface area contributed by atoms with E-state index in [0.717, 1.165) is 11.1 Å². The zero-order chi connectivity index (χ0) is 14.6. The van der Waals surface area contributed by atoms with Gasteiger partial charge in [0.2, 0.25) is 0 Å². The van der Waals surface area contributed by atoms with Crippen LogP contribution in [0.2, 0.25) is 0 Å². The van der Waals surface area contributed by atoms with E-state index in [4.69, 9.17) is 4.74 Å². The van der Waals surface area contributed by atoms with E-state index in [9.17, 15) is 9.59 Å².